The summed E-state index contributed by atoms with van der Waals surface area (Å²) in [6.07, 6.45) is 10.3. The van der Waals surface area contributed by atoms with E-state index in [9.17, 15) is 8.42 Å². The normalized spacial score (nSPS) is 38.9. The minimum Gasteiger partial charge on any atom is -0.327 e. The average Bonchev–Trinajstić information content (AvgIpc) is 2.37. The molecule has 19 heavy (non-hydrogen) atoms. The highest BCUT2D eigenvalue weighted by Crippen LogP contribution is 2.37. The Morgan fingerprint density at radius 1 is 1.00 bits per heavy atom. The zero-order valence-corrected chi connectivity index (χ0v) is 13.2. The van der Waals surface area contributed by atoms with Crippen LogP contribution in [-0.2, 0) is 9.84 Å². The summed E-state index contributed by atoms with van der Waals surface area (Å²) in [4.78, 5) is 0. The molecular formula is C15H29NO2S. The van der Waals surface area contributed by atoms with Crippen molar-refractivity contribution in [3.05, 3.63) is 0 Å². The van der Waals surface area contributed by atoms with Crippen LogP contribution in [0.4, 0.5) is 0 Å². The van der Waals surface area contributed by atoms with E-state index in [1.807, 2.05) is 0 Å². The van der Waals surface area contributed by atoms with Gasteiger partial charge in [-0.3, -0.25) is 0 Å². The summed E-state index contributed by atoms with van der Waals surface area (Å²) in [6.45, 7) is 2.32. The molecule has 0 aromatic heterocycles. The van der Waals surface area contributed by atoms with E-state index in [1.165, 1.54) is 31.9 Å². The number of nitrogens with two attached hydrogens (primary N) is 1. The fourth-order valence-corrected chi connectivity index (χ4v) is 5.33. The molecule has 112 valence electrons. The fraction of sp³-hybridized carbons (Fsp3) is 1.00. The van der Waals surface area contributed by atoms with Crippen molar-refractivity contribution in [2.24, 2.45) is 23.5 Å². The maximum atomic E-state index is 11.7. The van der Waals surface area contributed by atoms with E-state index in [0.717, 1.165) is 31.6 Å². The van der Waals surface area contributed by atoms with E-state index in [-0.39, 0.29) is 11.3 Å². The van der Waals surface area contributed by atoms with Crippen molar-refractivity contribution in [1.82, 2.24) is 0 Å². The van der Waals surface area contributed by atoms with E-state index in [2.05, 4.69) is 6.92 Å². The summed E-state index contributed by atoms with van der Waals surface area (Å²) in [5.74, 6) is 1.83. The number of hydrogen-bond donors (Lipinski definition) is 1. The predicted octanol–water partition coefficient (Wildman–Crippen LogP) is 2.74. The monoisotopic (exact) mass is 287 g/mol. The molecule has 2 fully saturated rings. The Hall–Kier alpha value is -0.0900. The van der Waals surface area contributed by atoms with Gasteiger partial charge in [0.05, 0.1) is 5.25 Å². The van der Waals surface area contributed by atoms with E-state index in [0.29, 0.717) is 11.8 Å². The van der Waals surface area contributed by atoms with Crippen molar-refractivity contribution < 1.29 is 8.42 Å². The maximum absolute atomic E-state index is 11.7. The van der Waals surface area contributed by atoms with Gasteiger partial charge in [0.1, 0.15) is 9.84 Å². The summed E-state index contributed by atoms with van der Waals surface area (Å²) in [6, 6.07) is 0.215. The molecule has 3 nitrogen and oxygen atoms in total. The second-order valence-electron chi connectivity index (χ2n) is 6.99. The van der Waals surface area contributed by atoms with E-state index < -0.39 is 9.84 Å². The van der Waals surface area contributed by atoms with Crippen LogP contribution < -0.4 is 5.73 Å². The molecule has 0 amide bonds. The highest BCUT2D eigenvalue weighted by molar-refractivity contribution is 7.91. The van der Waals surface area contributed by atoms with Crippen molar-refractivity contribution in [2.75, 3.05) is 6.26 Å². The third-order valence-corrected chi connectivity index (χ3v) is 6.98. The second kappa shape index (κ2) is 6.13. The van der Waals surface area contributed by atoms with Crippen LogP contribution in [-0.4, -0.2) is 26.0 Å². The molecular weight excluding hydrogens is 258 g/mol. The highest BCUT2D eigenvalue weighted by atomic mass is 32.2. The van der Waals surface area contributed by atoms with Gasteiger partial charge in [0.2, 0.25) is 0 Å². The first-order valence-corrected chi connectivity index (χ1v) is 9.78. The summed E-state index contributed by atoms with van der Waals surface area (Å²) < 4.78 is 23.5. The molecule has 5 unspecified atom stereocenters. The summed E-state index contributed by atoms with van der Waals surface area (Å²) in [5.41, 5.74) is 6.50. The fourth-order valence-electron chi connectivity index (χ4n) is 4.14. The van der Waals surface area contributed by atoms with Crippen LogP contribution in [0.25, 0.3) is 0 Å². The van der Waals surface area contributed by atoms with Crippen molar-refractivity contribution in [1.29, 1.82) is 0 Å². The summed E-state index contributed by atoms with van der Waals surface area (Å²) >= 11 is 0. The molecule has 2 aliphatic rings. The smallest absolute Gasteiger partial charge is 0.150 e. The third-order valence-electron chi connectivity index (χ3n) is 5.34. The molecule has 0 aromatic carbocycles. The first-order valence-electron chi connectivity index (χ1n) is 7.82. The van der Waals surface area contributed by atoms with Gasteiger partial charge in [-0.15, -0.1) is 0 Å². The van der Waals surface area contributed by atoms with Gasteiger partial charge in [-0.25, -0.2) is 8.42 Å². The molecule has 0 aliphatic heterocycles. The molecule has 0 spiro atoms. The standard InChI is InChI=1S/C15H29NO2S/c1-11-5-3-6-12(9-11)15(16)13-7-4-8-14(10-13)19(2,17)18/h11-15H,3-10,16H2,1-2H3. The van der Waals surface area contributed by atoms with Crippen LogP contribution in [0.5, 0.6) is 0 Å². The number of hydrogen-bond acceptors (Lipinski definition) is 3. The molecule has 0 aromatic rings. The van der Waals surface area contributed by atoms with Crippen LogP contribution in [0.1, 0.15) is 58.3 Å². The topological polar surface area (TPSA) is 60.2 Å². The lowest BCUT2D eigenvalue weighted by Crippen LogP contribution is -2.43. The minimum absolute atomic E-state index is 0.140. The van der Waals surface area contributed by atoms with Crippen molar-refractivity contribution >= 4 is 9.84 Å². The molecule has 2 N–H and O–H groups in total. The largest absolute Gasteiger partial charge is 0.327 e. The second-order valence-corrected chi connectivity index (χ2v) is 9.31. The maximum Gasteiger partial charge on any atom is 0.150 e. The Labute approximate surface area is 118 Å². The Morgan fingerprint density at radius 2 is 1.58 bits per heavy atom. The van der Waals surface area contributed by atoms with E-state index in [4.69, 9.17) is 5.73 Å². The zero-order chi connectivity index (χ0) is 14.0. The quantitative estimate of drug-likeness (QED) is 0.868. The summed E-state index contributed by atoms with van der Waals surface area (Å²) in [5, 5.41) is -0.140. The molecule has 0 radical (unpaired) electrons. The molecule has 2 rings (SSSR count). The lowest BCUT2D eigenvalue weighted by molar-refractivity contribution is 0.180. The average molecular weight is 287 g/mol. The van der Waals surface area contributed by atoms with Gasteiger partial charge in [-0.2, -0.15) is 0 Å². The van der Waals surface area contributed by atoms with Gasteiger partial charge in [0.25, 0.3) is 0 Å². The lowest BCUT2D eigenvalue weighted by atomic mass is 9.72. The number of sulfone groups is 1. The van der Waals surface area contributed by atoms with Gasteiger partial charge in [0.15, 0.2) is 0 Å². The first-order chi connectivity index (χ1) is 8.88. The van der Waals surface area contributed by atoms with Crippen molar-refractivity contribution in [3.63, 3.8) is 0 Å². The molecule has 4 heteroatoms. The van der Waals surface area contributed by atoms with Crippen LogP contribution in [0.15, 0.2) is 0 Å². The molecule has 2 aliphatic carbocycles. The highest BCUT2D eigenvalue weighted by Gasteiger charge is 2.35. The van der Waals surface area contributed by atoms with Gasteiger partial charge in [-0.1, -0.05) is 26.2 Å². The Morgan fingerprint density at radius 3 is 2.16 bits per heavy atom. The Kier molecular flexibility index (Phi) is 4.93. The predicted molar refractivity (Wildman–Crippen MR) is 79.7 cm³/mol. The first kappa shape index (κ1) is 15.3. The SMILES string of the molecule is CC1CCCC(C(N)C2CCCC(S(C)(=O)=O)C2)C1. The van der Waals surface area contributed by atoms with Gasteiger partial charge in [-0.05, 0) is 49.9 Å². The third kappa shape index (κ3) is 3.94. The van der Waals surface area contributed by atoms with E-state index >= 15 is 0 Å². The molecule has 0 saturated heterocycles. The van der Waals surface area contributed by atoms with Crippen LogP contribution in [0.3, 0.4) is 0 Å². The van der Waals surface area contributed by atoms with Crippen LogP contribution >= 0.6 is 0 Å². The molecule has 0 bridgehead atoms. The van der Waals surface area contributed by atoms with Gasteiger partial charge < -0.3 is 5.73 Å². The molecule has 5 atom stereocenters. The molecule has 0 heterocycles. The minimum atomic E-state index is -2.89. The van der Waals surface area contributed by atoms with Crippen LogP contribution in [0, 0.1) is 17.8 Å². The van der Waals surface area contributed by atoms with Crippen molar-refractivity contribution in [3.8, 4) is 0 Å². The van der Waals surface area contributed by atoms with Gasteiger partial charge in [0, 0.05) is 12.3 Å². The van der Waals surface area contributed by atoms with Crippen molar-refractivity contribution in [2.45, 2.75) is 69.6 Å². The lowest BCUT2D eigenvalue weighted by Gasteiger charge is -2.38. The zero-order valence-electron chi connectivity index (χ0n) is 12.3. The Bertz CT molecular complexity index is 393. The van der Waals surface area contributed by atoms with Crippen LogP contribution in [0.2, 0.25) is 0 Å². The van der Waals surface area contributed by atoms with E-state index in [1.54, 1.807) is 0 Å². The molecule has 2 saturated carbocycles. The Balaban J connectivity index is 1.96. The summed E-state index contributed by atoms with van der Waals surface area (Å²) in [7, 11) is -2.89. The number of rotatable bonds is 3. The van der Waals surface area contributed by atoms with Gasteiger partial charge >= 0.3 is 0 Å².